The molecule has 8 heteroatoms. The third-order valence-corrected chi connectivity index (χ3v) is 5.78. The van der Waals surface area contributed by atoms with Gasteiger partial charge >= 0.3 is 0 Å². The molecule has 0 spiro atoms. The lowest BCUT2D eigenvalue weighted by Crippen LogP contribution is -2.54. The molecule has 1 heterocycles. The van der Waals surface area contributed by atoms with Crippen molar-refractivity contribution >= 4 is 63.5 Å². The van der Waals surface area contributed by atoms with Gasteiger partial charge in [-0.3, -0.25) is 19.8 Å². The van der Waals surface area contributed by atoms with E-state index in [-0.39, 0.29) is 10.7 Å². The molecule has 3 rings (SSSR count). The average Bonchev–Trinajstić information content (AvgIpc) is 2.76. The summed E-state index contributed by atoms with van der Waals surface area (Å²) in [5.41, 5.74) is 2.36. The van der Waals surface area contributed by atoms with Crippen LogP contribution < -0.4 is 19.7 Å². The molecule has 1 N–H and O–H groups in total. The van der Waals surface area contributed by atoms with Crippen LogP contribution in [-0.4, -0.2) is 30.1 Å². The summed E-state index contributed by atoms with van der Waals surface area (Å²) in [6, 6.07) is 11.1. The summed E-state index contributed by atoms with van der Waals surface area (Å²) < 4.78 is 12.2. The molecule has 0 atom stereocenters. The van der Waals surface area contributed by atoms with E-state index in [0.717, 1.165) is 15.6 Å². The Morgan fingerprint density at radius 3 is 2.50 bits per heavy atom. The quantitative estimate of drug-likeness (QED) is 0.167. The number of ether oxygens (including phenoxy) is 2. The van der Waals surface area contributed by atoms with Crippen LogP contribution in [0.4, 0.5) is 5.69 Å². The molecule has 2 aromatic rings. The first kappa shape index (κ1) is 23.9. The van der Waals surface area contributed by atoms with Gasteiger partial charge in [0, 0.05) is 0 Å². The lowest BCUT2D eigenvalue weighted by Gasteiger charge is -2.29. The third kappa shape index (κ3) is 5.18. The van der Waals surface area contributed by atoms with E-state index < -0.39 is 11.8 Å². The lowest BCUT2D eigenvalue weighted by atomic mass is 10.1. The van der Waals surface area contributed by atoms with Crippen molar-refractivity contribution in [1.82, 2.24) is 5.32 Å². The standard InChI is InChI=1S/C24H23IN2O4S/c1-4-11-31-21-19(25)13-16(14-20(21)30-6-3)12-18-22(28)26-24(32)27(23(18)29)17-9-7-15(5-2)8-10-17/h4,7-10,12-14H,1,5-6,11H2,2-3H3,(H,26,28,32)/b18-12+. The Balaban J connectivity index is 2.00. The fourth-order valence-electron chi connectivity index (χ4n) is 3.16. The Labute approximate surface area is 206 Å². The molecule has 0 unspecified atom stereocenters. The first-order chi connectivity index (χ1) is 15.4. The summed E-state index contributed by atoms with van der Waals surface area (Å²) in [4.78, 5) is 27.2. The van der Waals surface area contributed by atoms with Gasteiger partial charge in [-0.2, -0.15) is 0 Å². The van der Waals surface area contributed by atoms with Crippen LogP contribution in [0, 0.1) is 3.57 Å². The number of anilines is 1. The average molecular weight is 562 g/mol. The fraction of sp³-hybridized carbons (Fsp3) is 0.208. The van der Waals surface area contributed by atoms with E-state index in [1.807, 2.05) is 37.3 Å². The topological polar surface area (TPSA) is 67.9 Å². The number of nitrogens with zero attached hydrogens (tertiary/aromatic N) is 1. The molecular weight excluding hydrogens is 539 g/mol. The maximum Gasteiger partial charge on any atom is 0.270 e. The number of carbonyl (C=O) groups is 2. The maximum absolute atomic E-state index is 13.2. The molecule has 0 aliphatic carbocycles. The molecule has 0 bridgehead atoms. The molecule has 0 saturated carbocycles. The van der Waals surface area contributed by atoms with Gasteiger partial charge in [-0.15, -0.1) is 0 Å². The largest absolute Gasteiger partial charge is 0.490 e. The first-order valence-electron chi connectivity index (χ1n) is 10.1. The van der Waals surface area contributed by atoms with Gasteiger partial charge in [0.15, 0.2) is 16.6 Å². The zero-order valence-electron chi connectivity index (χ0n) is 17.8. The van der Waals surface area contributed by atoms with E-state index in [4.69, 9.17) is 21.7 Å². The van der Waals surface area contributed by atoms with E-state index in [0.29, 0.717) is 36.0 Å². The number of benzene rings is 2. The summed E-state index contributed by atoms with van der Waals surface area (Å²) in [7, 11) is 0. The highest BCUT2D eigenvalue weighted by molar-refractivity contribution is 14.1. The van der Waals surface area contributed by atoms with E-state index in [1.165, 1.54) is 11.0 Å². The zero-order chi connectivity index (χ0) is 23.3. The summed E-state index contributed by atoms with van der Waals surface area (Å²) in [6.45, 7) is 8.36. The number of nitrogens with one attached hydrogen (secondary N) is 1. The minimum Gasteiger partial charge on any atom is -0.490 e. The molecule has 2 aromatic carbocycles. The Morgan fingerprint density at radius 1 is 1.16 bits per heavy atom. The second-order valence-electron chi connectivity index (χ2n) is 6.84. The van der Waals surface area contributed by atoms with Crippen LogP contribution in [-0.2, 0) is 16.0 Å². The monoisotopic (exact) mass is 562 g/mol. The minimum atomic E-state index is -0.540. The van der Waals surface area contributed by atoms with E-state index in [9.17, 15) is 9.59 Å². The normalized spacial score (nSPS) is 15.0. The predicted molar refractivity (Wildman–Crippen MR) is 138 cm³/mol. The number of amides is 2. The molecule has 6 nitrogen and oxygen atoms in total. The highest BCUT2D eigenvalue weighted by atomic mass is 127. The number of carbonyl (C=O) groups excluding carboxylic acids is 2. The van der Waals surface area contributed by atoms with Crippen LogP contribution in [0.2, 0.25) is 0 Å². The second-order valence-corrected chi connectivity index (χ2v) is 8.39. The number of aryl methyl sites for hydroxylation is 1. The summed E-state index contributed by atoms with van der Waals surface area (Å²) >= 11 is 7.41. The summed E-state index contributed by atoms with van der Waals surface area (Å²) in [6.07, 6.45) is 4.07. The van der Waals surface area contributed by atoms with E-state index in [1.54, 1.807) is 12.1 Å². The van der Waals surface area contributed by atoms with Crippen LogP contribution in [0.25, 0.3) is 6.08 Å². The van der Waals surface area contributed by atoms with Crippen LogP contribution >= 0.6 is 34.8 Å². The Morgan fingerprint density at radius 2 is 1.88 bits per heavy atom. The highest BCUT2D eigenvalue weighted by Gasteiger charge is 2.34. The van der Waals surface area contributed by atoms with Crippen LogP contribution in [0.1, 0.15) is 25.0 Å². The van der Waals surface area contributed by atoms with Crippen LogP contribution in [0.5, 0.6) is 11.5 Å². The first-order valence-corrected chi connectivity index (χ1v) is 11.6. The Kier molecular flexibility index (Phi) is 8.03. The number of hydrogen-bond acceptors (Lipinski definition) is 5. The fourth-order valence-corrected chi connectivity index (χ4v) is 4.22. The molecule has 1 saturated heterocycles. The van der Waals surface area contributed by atoms with Crippen molar-refractivity contribution in [2.45, 2.75) is 20.3 Å². The van der Waals surface area contributed by atoms with Gasteiger partial charge in [0.2, 0.25) is 0 Å². The molecule has 2 amide bonds. The van der Waals surface area contributed by atoms with Crippen molar-refractivity contribution in [1.29, 1.82) is 0 Å². The molecule has 32 heavy (non-hydrogen) atoms. The van der Waals surface area contributed by atoms with Gasteiger partial charge in [0.05, 0.1) is 15.9 Å². The lowest BCUT2D eigenvalue weighted by molar-refractivity contribution is -0.122. The Hall–Kier alpha value is -2.72. The SMILES string of the molecule is C=CCOc1c(I)cc(/C=C2\C(=O)NC(=S)N(c3ccc(CC)cc3)C2=O)cc1OCC. The van der Waals surface area contributed by atoms with Crippen molar-refractivity contribution in [2.24, 2.45) is 0 Å². The third-order valence-electron chi connectivity index (χ3n) is 4.69. The molecule has 1 aliphatic rings. The van der Waals surface area contributed by atoms with Crippen molar-refractivity contribution < 1.29 is 19.1 Å². The Bertz CT molecular complexity index is 1100. The highest BCUT2D eigenvalue weighted by Crippen LogP contribution is 2.35. The van der Waals surface area contributed by atoms with Gasteiger partial charge < -0.3 is 9.47 Å². The van der Waals surface area contributed by atoms with Crippen molar-refractivity contribution in [2.75, 3.05) is 18.1 Å². The molecule has 166 valence electrons. The van der Waals surface area contributed by atoms with Gasteiger partial charge in [-0.1, -0.05) is 31.7 Å². The number of hydrogen-bond donors (Lipinski definition) is 1. The van der Waals surface area contributed by atoms with Gasteiger partial charge in [-0.05, 0) is 89.6 Å². The van der Waals surface area contributed by atoms with Gasteiger partial charge in [-0.25, -0.2) is 0 Å². The molecule has 1 fully saturated rings. The molecule has 0 radical (unpaired) electrons. The van der Waals surface area contributed by atoms with Crippen molar-refractivity contribution in [3.63, 3.8) is 0 Å². The number of rotatable bonds is 8. The van der Waals surface area contributed by atoms with E-state index >= 15 is 0 Å². The zero-order valence-corrected chi connectivity index (χ0v) is 20.8. The molecule has 1 aliphatic heterocycles. The molecule has 0 aromatic heterocycles. The van der Waals surface area contributed by atoms with Crippen LogP contribution in [0.3, 0.4) is 0 Å². The minimum absolute atomic E-state index is 0.0174. The predicted octanol–water partition coefficient (Wildman–Crippen LogP) is 4.65. The van der Waals surface area contributed by atoms with Crippen molar-refractivity contribution in [3.8, 4) is 11.5 Å². The summed E-state index contributed by atoms with van der Waals surface area (Å²) in [5.74, 6) is 0.0939. The van der Waals surface area contributed by atoms with Gasteiger partial charge in [0.25, 0.3) is 11.8 Å². The smallest absolute Gasteiger partial charge is 0.270 e. The van der Waals surface area contributed by atoms with Gasteiger partial charge in [0.1, 0.15) is 12.2 Å². The second kappa shape index (κ2) is 10.7. The number of halogens is 1. The molecular formula is C24H23IN2O4S. The maximum atomic E-state index is 13.2. The van der Waals surface area contributed by atoms with Crippen LogP contribution in [0.15, 0.2) is 54.6 Å². The number of thiocarbonyl (C=S) groups is 1. The van der Waals surface area contributed by atoms with E-state index in [2.05, 4.69) is 41.4 Å². The summed E-state index contributed by atoms with van der Waals surface area (Å²) in [5, 5.41) is 2.67. The van der Waals surface area contributed by atoms with Crippen molar-refractivity contribution in [3.05, 3.63) is 69.3 Å².